The zero-order valence-electron chi connectivity index (χ0n) is 14.0. The second-order valence-corrected chi connectivity index (χ2v) is 6.71. The molecule has 2 saturated heterocycles. The van der Waals surface area contributed by atoms with E-state index >= 15 is 0 Å². The summed E-state index contributed by atoms with van der Waals surface area (Å²) in [6.07, 6.45) is 2.53. The Labute approximate surface area is 135 Å². The smallest absolute Gasteiger partial charge is 0.363 e. The van der Waals surface area contributed by atoms with Gasteiger partial charge >= 0.3 is 7.62 Å². The summed E-state index contributed by atoms with van der Waals surface area (Å²) in [6, 6.07) is 9.73. The second kappa shape index (κ2) is 7.60. The standard InChI is InChI=1S/C17H28BN3O/c1-19-9-11-20(12-10-19)14-15-5-3-6-16(13-15)17-7-4-8-21(17)18-22-2/h3,5-6,13,17-18H,4,7-12,14H2,1-2H3. The summed E-state index contributed by atoms with van der Waals surface area (Å²) < 4.78 is 5.35. The Balaban J connectivity index is 1.64. The number of benzene rings is 1. The van der Waals surface area contributed by atoms with Gasteiger partial charge in [-0.2, -0.15) is 0 Å². The van der Waals surface area contributed by atoms with Crippen LogP contribution < -0.4 is 0 Å². The third-order valence-corrected chi connectivity index (χ3v) is 5.00. The summed E-state index contributed by atoms with van der Waals surface area (Å²) in [5.41, 5.74) is 2.91. The van der Waals surface area contributed by atoms with Crippen molar-refractivity contribution in [3.63, 3.8) is 0 Å². The maximum absolute atomic E-state index is 5.35. The molecule has 0 aliphatic carbocycles. The summed E-state index contributed by atoms with van der Waals surface area (Å²) in [5, 5.41) is 0. The molecule has 5 heteroatoms. The molecule has 0 spiro atoms. The monoisotopic (exact) mass is 301 g/mol. The van der Waals surface area contributed by atoms with Gasteiger partial charge in [-0.1, -0.05) is 24.3 Å². The minimum atomic E-state index is 0.535. The van der Waals surface area contributed by atoms with E-state index in [9.17, 15) is 0 Å². The molecule has 1 unspecified atom stereocenters. The average Bonchev–Trinajstić information content (AvgIpc) is 2.99. The summed E-state index contributed by atoms with van der Waals surface area (Å²) >= 11 is 0. The quantitative estimate of drug-likeness (QED) is 0.767. The van der Waals surface area contributed by atoms with Crippen molar-refractivity contribution in [2.45, 2.75) is 25.4 Å². The Morgan fingerprint density at radius 2 is 2.00 bits per heavy atom. The van der Waals surface area contributed by atoms with E-state index in [4.69, 9.17) is 4.65 Å². The van der Waals surface area contributed by atoms with E-state index in [2.05, 4.69) is 45.9 Å². The number of rotatable bonds is 5. The lowest BCUT2D eigenvalue weighted by atomic mass is 9.99. The molecule has 1 aromatic rings. The fraction of sp³-hybridized carbons (Fsp3) is 0.647. The zero-order valence-corrected chi connectivity index (χ0v) is 14.0. The SMILES string of the molecule is COBN1CCCC1c1cccc(CN2CCN(C)CC2)c1. The molecule has 2 aliphatic heterocycles. The maximum atomic E-state index is 5.35. The normalized spacial score (nSPS) is 24.7. The molecule has 120 valence electrons. The fourth-order valence-electron chi connectivity index (χ4n) is 3.69. The third-order valence-electron chi connectivity index (χ3n) is 5.00. The van der Waals surface area contributed by atoms with Crippen molar-refractivity contribution in [1.82, 2.24) is 14.6 Å². The number of hydrogen-bond acceptors (Lipinski definition) is 4. The lowest BCUT2D eigenvalue weighted by molar-refractivity contribution is 0.148. The summed E-state index contributed by atoms with van der Waals surface area (Å²) in [4.78, 5) is 7.43. The molecule has 4 nitrogen and oxygen atoms in total. The van der Waals surface area contributed by atoms with Crippen LogP contribution in [0.15, 0.2) is 24.3 Å². The number of hydrogen-bond donors (Lipinski definition) is 0. The highest BCUT2D eigenvalue weighted by molar-refractivity contribution is 6.23. The van der Waals surface area contributed by atoms with Crippen LogP contribution in [0, 0.1) is 0 Å². The Morgan fingerprint density at radius 1 is 1.18 bits per heavy atom. The molecule has 3 rings (SSSR count). The molecule has 0 saturated carbocycles. The predicted molar refractivity (Wildman–Crippen MR) is 92.1 cm³/mol. The van der Waals surface area contributed by atoms with Crippen LogP contribution in [0.25, 0.3) is 0 Å². The van der Waals surface area contributed by atoms with Gasteiger partial charge in [0, 0.05) is 45.9 Å². The Bertz CT molecular complexity index is 477. The maximum Gasteiger partial charge on any atom is 0.363 e. The zero-order chi connectivity index (χ0) is 15.4. The highest BCUT2D eigenvalue weighted by Crippen LogP contribution is 2.31. The van der Waals surface area contributed by atoms with Crippen LogP contribution in [-0.4, -0.2) is 69.1 Å². The van der Waals surface area contributed by atoms with Crippen molar-refractivity contribution >= 4 is 7.62 Å². The van der Waals surface area contributed by atoms with Gasteiger partial charge in [-0.25, -0.2) is 0 Å². The van der Waals surface area contributed by atoms with Crippen LogP contribution in [0.2, 0.25) is 0 Å². The topological polar surface area (TPSA) is 19.0 Å². The van der Waals surface area contributed by atoms with Crippen LogP contribution in [0.3, 0.4) is 0 Å². The van der Waals surface area contributed by atoms with E-state index in [0.717, 1.165) is 20.7 Å². The molecule has 1 aromatic carbocycles. The molecule has 2 heterocycles. The largest absolute Gasteiger partial charge is 0.427 e. The average molecular weight is 301 g/mol. The van der Waals surface area contributed by atoms with Crippen molar-refractivity contribution in [3.05, 3.63) is 35.4 Å². The van der Waals surface area contributed by atoms with Gasteiger partial charge in [-0.05, 0) is 37.6 Å². The first-order valence-electron chi connectivity index (χ1n) is 8.49. The first kappa shape index (κ1) is 16.0. The van der Waals surface area contributed by atoms with Crippen LogP contribution in [0.1, 0.15) is 30.0 Å². The van der Waals surface area contributed by atoms with E-state index in [1.54, 1.807) is 7.11 Å². The molecule has 0 radical (unpaired) electrons. The third kappa shape index (κ3) is 3.90. The minimum absolute atomic E-state index is 0.535. The van der Waals surface area contributed by atoms with E-state index < -0.39 is 0 Å². The lowest BCUT2D eigenvalue weighted by Gasteiger charge is -2.32. The van der Waals surface area contributed by atoms with E-state index in [1.807, 2.05) is 0 Å². The van der Waals surface area contributed by atoms with Gasteiger partial charge in [0.2, 0.25) is 0 Å². The molecule has 0 aromatic heterocycles. The number of nitrogens with zero attached hydrogens (tertiary/aromatic N) is 3. The van der Waals surface area contributed by atoms with E-state index in [0.29, 0.717) is 6.04 Å². The molecular formula is C17H28BN3O. The van der Waals surface area contributed by atoms with Crippen molar-refractivity contribution in [1.29, 1.82) is 0 Å². The Hall–Kier alpha value is -0.875. The summed E-state index contributed by atoms with van der Waals surface area (Å²) in [5.74, 6) is 0. The number of likely N-dealkylation sites (N-methyl/N-ethyl adjacent to an activating group) is 1. The van der Waals surface area contributed by atoms with Gasteiger partial charge in [0.1, 0.15) is 0 Å². The molecule has 0 N–H and O–H groups in total. The van der Waals surface area contributed by atoms with Gasteiger partial charge in [0.15, 0.2) is 0 Å². The summed E-state index contributed by atoms with van der Waals surface area (Å²) in [7, 11) is 4.75. The molecule has 2 aliphatic rings. The van der Waals surface area contributed by atoms with Crippen LogP contribution in [-0.2, 0) is 11.2 Å². The van der Waals surface area contributed by atoms with Crippen LogP contribution in [0.5, 0.6) is 0 Å². The van der Waals surface area contributed by atoms with Gasteiger partial charge in [0.25, 0.3) is 0 Å². The molecule has 0 amide bonds. The van der Waals surface area contributed by atoms with Gasteiger partial charge in [-0.15, -0.1) is 0 Å². The molecule has 1 atom stereocenters. The van der Waals surface area contributed by atoms with Gasteiger partial charge in [0.05, 0.1) is 0 Å². The van der Waals surface area contributed by atoms with Crippen molar-refractivity contribution in [2.24, 2.45) is 0 Å². The molecule has 2 fully saturated rings. The van der Waals surface area contributed by atoms with Crippen molar-refractivity contribution < 1.29 is 4.65 Å². The lowest BCUT2D eigenvalue weighted by Crippen LogP contribution is -2.43. The minimum Gasteiger partial charge on any atom is -0.427 e. The second-order valence-electron chi connectivity index (χ2n) is 6.71. The van der Waals surface area contributed by atoms with Crippen LogP contribution >= 0.6 is 0 Å². The van der Waals surface area contributed by atoms with E-state index in [-0.39, 0.29) is 0 Å². The fourth-order valence-corrected chi connectivity index (χ4v) is 3.69. The first-order valence-corrected chi connectivity index (χ1v) is 8.49. The Morgan fingerprint density at radius 3 is 2.77 bits per heavy atom. The number of piperazine rings is 1. The summed E-state index contributed by atoms with van der Waals surface area (Å²) in [6.45, 7) is 6.97. The first-order chi connectivity index (χ1) is 10.8. The molecule has 22 heavy (non-hydrogen) atoms. The van der Waals surface area contributed by atoms with Gasteiger partial charge < -0.3 is 14.4 Å². The van der Waals surface area contributed by atoms with E-state index in [1.165, 1.54) is 50.1 Å². The van der Waals surface area contributed by atoms with Crippen molar-refractivity contribution in [2.75, 3.05) is 46.9 Å². The molecule has 0 bridgehead atoms. The van der Waals surface area contributed by atoms with Crippen molar-refractivity contribution in [3.8, 4) is 0 Å². The van der Waals surface area contributed by atoms with Crippen LogP contribution in [0.4, 0.5) is 0 Å². The predicted octanol–water partition coefficient (Wildman–Crippen LogP) is 1.48. The highest BCUT2D eigenvalue weighted by Gasteiger charge is 2.26. The highest BCUT2D eigenvalue weighted by atomic mass is 16.4. The Kier molecular flexibility index (Phi) is 5.53. The van der Waals surface area contributed by atoms with Gasteiger partial charge in [-0.3, -0.25) is 4.90 Å². The molecular weight excluding hydrogens is 273 g/mol.